The van der Waals surface area contributed by atoms with Gasteiger partial charge < -0.3 is 14.6 Å². The molecule has 1 saturated heterocycles. The Balaban J connectivity index is 1.54. The average molecular weight is 476 g/mol. The maximum Gasteiger partial charge on any atom is 0.287 e. The van der Waals surface area contributed by atoms with Crippen LogP contribution in [0.2, 0.25) is 0 Å². The molecule has 3 heterocycles. The Bertz CT molecular complexity index is 744. The van der Waals surface area contributed by atoms with Crippen LogP contribution in [0.4, 0.5) is 0 Å². The predicted octanol–water partition coefficient (Wildman–Crippen LogP) is 4.21. The molecule has 1 aliphatic rings. The van der Waals surface area contributed by atoms with Crippen LogP contribution in [-0.4, -0.2) is 35.8 Å². The maximum atomic E-state index is 12.5. The van der Waals surface area contributed by atoms with Crippen molar-refractivity contribution in [3.05, 3.63) is 42.9 Å². The van der Waals surface area contributed by atoms with Crippen LogP contribution in [0.25, 0.3) is 0 Å². The number of carbonyl (C=O) groups excluding carboxylic acids is 2. The molecule has 1 fully saturated rings. The molecule has 3 rings (SSSR count). The number of amides is 2. The van der Waals surface area contributed by atoms with Gasteiger partial charge in [0.25, 0.3) is 11.8 Å². The molecule has 2 aromatic rings. The van der Waals surface area contributed by atoms with Crippen LogP contribution in [0.3, 0.4) is 0 Å². The third-order valence-electron chi connectivity index (χ3n) is 3.94. The minimum absolute atomic E-state index is 0.0397. The quantitative estimate of drug-likeness (QED) is 0.723. The standard InChI is InChI=1S/C16H16Br2N2O3S/c1-9-2-3-12(23-9)15(21)19-10-4-6-20(7-5-10)16(22)13-8-11(17)14(18)24-13/h2-3,8,10H,4-7H2,1H3,(H,19,21). The van der Waals surface area contributed by atoms with E-state index in [2.05, 4.69) is 37.2 Å². The topological polar surface area (TPSA) is 62.6 Å². The molecule has 1 aliphatic heterocycles. The van der Waals surface area contributed by atoms with Crippen molar-refractivity contribution >= 4 is 55.0 Å². The van der Waals surface area contributed by atoms with Crippen molar-refractivity contribution in [2.45, 2.75) is 25.8 Å². The Morgan fingerprint density at radius 1 is 1.29 bits per heavy atom. The summed E-state index contributed by atoms with van der Waals surface area (Å²) in [5.74, 6) is 0.893. The smallest absolute Gasteiger partial charge is 0.287 e. The number of hydrogen-bond donors (Lipinski definition) is 1. The first kappa shape index (κ1) is 17.7. The number of nitrogens with one attached hydrogen (secondary N) is 1. The van der Waals surface area contributed by atoms with Gasteiger partial charge in [0.05, 0.1) is 8.66 Å². The average Bonchev–Trinajstić information content (AvgIpc) is 3.14. The Morgan fingerprint density at radius 3 is 2.54 bits per heavy atom. The highest BCUT2D eigenvalue weighted by atomic mass is 79.9. The first-order valence-corrected chi connectivity index (χ1v) is 9.95. The van der Waals surface area contributed by atoms with Crippen molar-refractivity contribution < 1.29 is 14.0 Å². The van der Waals surface area contributed by atoms with E-state index in [9.17, 15) is 9.59 Å². The van der Waals surface area contributed by atoms with E-state index in [1.165, 1.54) is 11.3 Å². The molecule has 0 radical (unpaired) electrons. The summed E-state index contributed by atoms with van der Waals surface area (Å²) in [5, 5.41) is 2.98. The molecule has 1 N–H and O–H groups in total. The lowest BCUT2D eigenvalue weighted by Crippen LogP contribution is -2.46. The monoisotopic (exact) mass is 474 g/mol. The summed E-state index contributed by atoms with van der Waals surface area (Å²) in [7, 11) is 0. The molecule has 0 bridgehead atoms. The van der Waals surface area contributed by atoms with Crippen LogP contribution in [0.1, 0.15) is 38.8 Å². The molecule has 8 heteroatoms. The van der Waals surface area contributed by atoms with Crippen molar-refractivity contribution in [2.75, 3.05) is 13.1 Å². The summed E-state index contributed by atoms with van der Waals surface area (Å²) in [6.45, 7) is 3.07. The van der Waals surface area contributed by atoms with E-state index in [0.29, 0.717) is 29.5 Å². The highest BCUT2D eigenvalue weighted by Crippen LogP contribution is 2.33. The van der Waals surface area contributed by atoms with Gasteiger partial charge in [-0.3, -0.25) is 9.59 Å². The highest BCUT2D eigenvalue weighted by Gasteiger charge is 2.26. The van der Waals surface area contributed by atoms with E-state index in [4.69, 9.17) is 4.42 Å². The van der Waals surface area contributed by atoms with E-state index in [1.807, 2.05) is 17.9 Å². The van der Waals surface area contributed by atoms with Crippen LogP contribution < -0.4 is 5.32 Å². The van der Waals surface area contributed by atoms with Crippen molar-refractivity contribution in [3.8, 4) is 0 Å². The number of thiophene rings is 1. The summed E-state index contributed by atoms with van der Waals surface area (Å²) in [6, 6.07) is 5.35. The van der Waals surface area contributed by atoms with Crippen molar-refractivity contribution in [2.24, 2.45) is 0 Å². The molecule has 2 amide bonds. The molecule has 0 aliphatic carbocycles. The molecule has 128 valence electrons. The van der Waals surface area contributed by atoms with E-state index in [0.717, 1.165) is 21.1 Å². The lowest BCUT2D eigenvalue weighted by Gasteiger charge is -2.32. The third-order valence-corrected chi connectivity index (χ3v) is 7.18. The fourth-order valence-electron chi connectivity index (χ4n) is 2.65. The number of nitrogens with zero attached hydrogens (tertiary/aromatic N) is 1. The zero-order valence-corrected chi connectivity index (χ0v) is 17.0. The minimum atomic E-state index is -0.195. The number of hydrogen-bond acceptors (Lipinski definition) is 4. The fraction of sp³-hybridized carbons (Fsp3) is 0.375. The SMILES string of the molecule is Cc1ccc(C(=O)NC2CCN(C(=O)c3cc(Br)c(Br)s3)CC2)o1. The van der Waals surface area contributed by atoms with Gasteiger partial charge in [-0.1, -0.05) is 0 Å². The summed E-state index contributed by atoms with van der Waals surface area (Å²) in [4.78, 5) is 27.2. The second kappa shape index (κ2) is 7.41. The summed E-state index contributed by atoms with van der Waals surface area (Å²) in [5.41, 5.74) is 0. The number of piperidine rings is 1. The number of halogens is 2. The molecule has 0 saturated carbocycles. The molecule has 5 nitrogen and oxygen atoms in total. The normalized spacial score (nSPS) is 15.5. The molecular weight excluding hydrogens is 460 g/mol. The first-order chi connectivity index (χ1) is 11.4. The van der Waals surface area contributed by atoms with Gasteiger partial charge in [-0.25, -0.2) is 0 Å². The molecule has 0 spiro atoms. The van der Waals surface area contributed by atoms with Crippen molar-refractivity contribution in [3.63, 3.8) is 0 Å². The van der Waals surface area contributed by atoms with Crippen LogP contribution >= 0.6 is 43.2 Å². The Morgan fingerprint density at radius 2 is 2.00 bits per heavy atom. The molecule has 2 aromatic heterocycles. The Labute approximate surface area is 160 Å². The second-order valence-electron chi connectivity index (χ2n) is 5.68. The van der Waals surface area contributed by atoms with Crippen LogP contribution in [0.5, 0.6) is 0 Å². The number of carbonyl (C=O) groups is 2. The number of rotatable bonds is 3. The van der Waals surface area contributed by atoms with Crippen LogP contribution in [0.15, 0.2) is 30.9 Å². The fourth-order valence-corrected chi connectivity index (χ4v) is 4.65. The zero-order valence-electron chi connectivity index (χ0n) is 13.0. The van der Waals surface area contributed by atoms with Crippen LogP contribution in [0, 0.1) is 6.92 Å². The van der Waals surface area contributed by atoms with Gasteiger partial charge in [0.2, 0.25) is 0 Å². The van der Waals surface area contributed by atoms with Gasteiger partial charge in [-0.2, -0.15) is 0 Å². The lowest BCUT2D eigenvalue weighted by atomic mass is 10.0. The second-order valence-corrected chi connectivity index (χ2v) is 8.91. The van der Waals surface area contributed by atoms with E-state index >= 15 is 0 Å². The van der Waals surface area contributed by atoms with Crippen molar-refractivity contribution in [1.29, 1.82) is 0 Å². The third kappa shape index (κ3) is 3.92. The molecule has 0 unspecified atom stereocenters. The number of likely N-dealkylation sites (tertiary alicyclic amines) is 1. The minimum Gasteiger partial charge on any atom is -0.456 e. The van der Waals surface area contributed by atoms with Gasteiger partial charge in [-0.15, -0.1) is 11.3 Å². The summed E-state index contributed by atoms with van der Waals surface area (Å²) in [6.07, 6.45) is 1.48. The van der Waals surface area contributed by atoms with E-state index in [1.54, 1.807) is 12.1 Å². The van der Waals surface area contributed by atoms with Crippen molar-refractivity contribution in [1.82, 2.24) is 10.2 Å². The predicted molar refractivity (Wildman–Crippen MR) is 99.6 cm³/mol. The van der Waals surface area contributed by atoms with E-state index < -0.39 is 0 Å². The van der Waals surface area contributed by atoms with E-state index in [-0.39, 0.29) is 17.9 Å². The zero-order chi connectivity index (χ0) is 17.3. The number of aryl methyl sites for hydroxylation is 1. The van der Waals surface area contributed by atoms with Crippen LogP contribution in [-0.2, 0) is 0 Å². The van der Waals surface area contributed by atoms with Gasteiger partial charge in [0.1, 0.15) is 5.76 Å². The molecule has 24 heavy (non-hydrogen) atoms. The summed E-state index contributed by atoms with van der Waals surface area (Å²) < 4.78 is 7.15. The Hall–Kier alpha value is -1.12. The molecule has 0 atom stereocenters. The number of furan rings is 1. The highest BCUT2D eigenvalue weighted by molar-refractivity contribution is 9.13. The van der Waals surface area contributed by atoms with Gasteiger partial charge in [0, 0.05) is 23.6 Å². The maximum absolute atomic E-state index is 12.5. The van der Waals surface area contributed by atoms with Gasteiger partial charge >= 0.3 is 0 Å². The summed E-state index contributed by atoms with van der Waals surface area (Å²) >= 11 is 8.24. The van der Waals surface area contributed by atoms with Gasteiger partial charge in [0.15, 0.2) is 5.76 Å². The molecule has 0 aromatic carbocycles. The largest absolute Gasteiger partial charge is 0.456 e. The molecular formula is C16H16Br2N2O3S. The lowest BCUT2D eigenvalue weighted by molar-refractivity contribution is 0.0700. The van der Waals surface area contributed by atoms with Gasteiger partial charge in [-0.05, 0) is 69.8 Å². The first-order valence-electron chi connectivity index (χ1n) is 7.55. The Kier molecular flexibility index (Phi) is 5.46.